The van der Waals surface area contributed by atoms with Crippen molar-refractivity contribution in [3.8, 4) is 0 Å². The maximum absolute atomic E-state index is 11.3. The molecule has 0 saturated heterocycles. The molecule has 0 atom stereocenters. The molecule has 0 saturated carbocycles. The van der Waals surface area contributed by atoms with Crippen LogP contribution in [0.5, 0.6) is 0 Å². The first-order valence-electron chi connectivity index (χ1n) is 4.81. The number of hydrogen-bond donors (Lipinski definition) is 0. The summed E-state index contributed by atoms with van der Waals surface area (Å²) >= 11 is 0. The maximum atomic E-state index is 11.3. The lowest BCUT2D eigenvalue weighted by Gasteiger charge is -2.03. The third-order valence-electron chi connectivity index (χ3n) is 1.92. The molecule has 1 aromatic carbocycles. The van der Waals surface area contributed by atoms with Crippen molar-refractivity contribution in [2.75, 3.05) is 0 Å². The van der Waals surface area contributed by atoms with Gasteiger partial charge in [0, 0.05) is 5.57 Å². The van der Waals surface area contributed by atoms with E-state index in [1.807, 2.05) is 0 Å². The van der Waals surface area contributed by atoms with Gasteiger partial charge < -0.3 is 0 Å². The second-order valence-corrected chi connectivity index (χ2v) is 3.06. The third kappa shape index (κ3) is 3.24. The lowest BCUT2D eigenvalue weighted by atomic mass is 10.2. The minimum absolute atomic E-state index is 0.251. The molecule has 1 rings (SSSR count). The molecular weight excluding hydrogens is 208 g/mol. The second-order valence-electron chi connectivity index (χ2n) is 3.06. The van der Waals surface area contributed by atoms with E-state index in [1.165, 1.54) is 0 Å². The normalized spacial score (nSPS) is 9.31. The zero-order chi connectivity index (χ0) is 12.0. The van der Waals surface area contributed by atoms with E-state index in [1.54, 1.807) is 37.3 Å². The largest absolute Gasteiger partial charge is 0.386 e. The summed E-state index contributed by atoms with van der Waals surface area (Å²) in [6.45, 7) is 5.21. The Hall–Kier alpha value is -2.10. The van der Waals surface area contributed by atoms with Crippen molar-refractivity contribution in [2.24, 2.45) is 0 Å². The van der Waals surface area contributed by atoms with Crippen LogP contribution in [0.2, 0.25) is 0 Å². The van der Waals surface area contributed by atoms with Gasteiger partial charge in [-0.05, 0) is 18.6 Å². The number of carbonyl (C=O) groups is 2. The molecule has 0 bridgehead atoms. The smallest absolute Gasteiger partial charge is 0.242 e. The maximum Gasteiger partial charge on any atom is 0.386 e. The number of benzene rings is 1. The van der Waals surface area contributed by atoms with Gasteiger partial charge in [0.2, 0.25) is 0 Å². The van der Waals surface area contributed by atoms with Gasteiger partial charge in [0.25, 0.3) is 0 Å². The molecule has 16 heavy (non-hydrogen) atoms. The summed E-state index contributed by atoms with van der Waals surface area (Å²) < 4.78 is 0. The third-order valence-corrected chi connectivity index (χ3v) is 1.92. The zero-order valence-electron chi connectivity index (χ0n) is 8.93. The van der Waals surface area contributed by atoms with E-state index >= 15 is 0 Å². The molecular formula is C12H12O4. The Morgan fingerprint density at radius 2 is 1.81 bits per heavy atom. The lowest BCUT2D eigenvalue weighted by Crippen LogP contribution is -2.12. The van der Waals surface area contributed by atoms with Crippen LogP contribution in [-0.4, -0.2) is 11.9 Å². The Morgan fingerprint density at radius 1 is 1.19 bits per heavy atom. The van der Waals surface area contributed by atoms with Crippen molar-refractivity contribution in [1.29, 1.82) is 0 Å². The molecule has 0 heterocycles. The van der Waals surface area contributed by atoms with Gasteiger partial charge in [0.1, 0.15) is 0 Å². The zero-order valence-corrected chi connectivity index (χ0v) is 8.93. The first kappa shape index (κ1) is 12.0. The van der Waals surface area contributed by atoms with Gasteiger partial charge in [-0.15, -0.1) is 0 Å². The van der Waals surface area contributed by atoms with Crippen LogP contribution in [0.15, 0.2) is 42.5 Å². The van der Waals surface area contributed by atoms with Crippen LogP contribution in [0.1, 0.15) is 23.7 Å². The lowest BCUT2D eigenvalue weighted by molar-refractivity contribution is -0.229. The van der Waals surface area contributed by atoms with E-state index in [4.69, 9.17) is 0 Å². The van der Waals surface area contributed by atoms with E-state index in [-0.39, 0.29) is 5.57 Å². The summed E-state index contributed by atoms with van der Waals surface area (Å²) in [5.41, 5.74) is 0.568. The van der Waals surface area contributed by atoms with Crippen molar-refractivity contribution in [2.45, 2.75) is 13.3 Å². The summed E-state index contributed by atoms with van der Waals surface area (Å²) in [6, 6.07) is 8.25. The van der Waals surface area contributed by atoms with E-state index in [2.05, 4.69) is 16.4 Å². The van der Waals surface area contributed by atoms with Crippen LogP contribution in [0.3, 0.4) is 0 Å². The predicted octanol–water partition coefficient (Wildman–Crippen LogP) is 2.27. The molecule has 0 N–H and O–H groups in total. The number of carbonyl (C=O) groups excluding carboxylic acids is 2. The van der Waals surface area contributed by atoms with Crippen LogP contribution < -0.4 is 0 Å². The predicted molar refractivity (Wildman–Crippen MR) is 57.4 cm³/mol. The molecule has 0 aromatic heterocycles. The van der Waals surface area contributed by atoms with Crippen molar-refractivity contribution in [3.05, 3.63) is 48.0 Å². The van der Waals surface area contributed by atoms with E-state index < -0.39 is 11.9 Å². The summed E-state index contributed by atoms with van der Waals surface area (Å²) in [6.07, 6.45) is 0.446. The van der Waals surface area contributed by atoms with E-state index in [0.29, 0.717) is 12.0 Å². The molecule has 1 aromatic rings. The Balaban J connectivity index is 2.48. The Morgan fingerprint density at radius 3 is 2.38 bits per heavy atom. The van der Waals surface area contributed by atoms with Crippen molar-refractivity contribution in [3.63, 3.8) is 0 Å². The van der Waals surface area contributed by atoms with Crippen LogP contribution in [0.4, 0.5) is 0 Å². The standard InChI is InChI=1S/C12H12O4/c1-3-9(2)11(13)15-16-12(14)10-7-5-4-6-8-10/h4-8H,2-3H2,1H3. The van der Waals surface area contributed by atoms with Crippen LogP contribution >= 0.6 is 0 Å². The fourth-order valence-electron chi connectivity index (χ4n) is 0.901. The van der Waals surface area contributed by atoms with Crippen molar-refractivity contribution < 1.29 is 19.4 Å². The van der Waals surface area contributed by atoms with Crippen LogP contribution in [0, 0.1) is 0 Å². The van der Waals surface area contributed by atoms with Crippen molar-refractivity contribution in [1.82, 2.24) is 0 Å². The average molecular weight is 220 g/mol. The highest BCUT2D eigenvalue weighted by atomic mass is 17.2. The Bertz CT molecular complexity index is 395. The van der Waals surface area contributed by atoms with Gasteiger partial charge in [-0.2, -0.15) is 0 Å². The van der Waals surface area contributed by atoms with Gasteiger partial charge in [0.15, 0.2) is 0 Å². The molecule has 0 amide bonds. The quantitative estimate of drug-likeness (QED) is 0.445. The van der Waals surface area contributed by atoms with Crippen LogP contribution in [0.25, 0.3) is 0 Å². The summed E-state index contributed by atoms with van der Waals surface area (Å²) in [5, 5.41) is 0. The number of hydrogen-bond acceptors (Lipinski definition) is 4. The van der Waals surface area contributed by atoms with Crippen molar-refractivity contribution >= 4 is 11.9 Å². The molecule has 4 nitrogen and oxygen atoms in total. The topological polar surface area (TPSA) is 52.6 Å². The molecule has 4 heteroatoms. The summed E-state index contributed by atoms with van der Waals surface area (Å²) in [7, 11) is 0. The molecule has 0 spiro atoms. The monoisotopic (exact) mass is 220 g/mol. The SMILES string of the molecule is C=C(CC)C(=O)OOC(=O)c1ccccc1. The molecule has 0 aliphatic heterocycles. The second kappa shape index (κ2) is 5.70. The molecule has 0 aliphatic carbocycles. The molecule has 84 valence electrons. The highest BCUT2D eigenvalue weighted by molar-refractivity contribution is 5.91. The first-order valence-corrected chi connectivity index (χ1v) is 4.81. The highest BCUT2D eigenvalue weighted by Crippen LogP contribution is 2.04. The van der Waals surface area contributed by atoms with Gasteiger partial charge in [0.05, 0.1) is 5.56 Å². The van der Waals surface area contributed by atoms with Crippen LogP contribution in [-0.2, 0) is 14.6 Å². The van der Waals surface area contributed by atoms with Gasteiger partial charge in [-0.3, -0.25) is 0 Å². The minimum Gasteiger partial charge on any atom is -0.242 e. The minimum atomic E-state index is -0.730. The fourth-order valence-corrected chi connectivity index (χ4v) is 0.901. The summed E-state index contributed by atoms with van der Waals surface area (Å²) in [5.74, 6) is -1.44. The van der Waals surface area contributed by atoms with Gasteiger partial charge in [-0.25, -0.2) is 19.4 Å². The average Bonchev–Trinajstić information content (AvgIpc) is 2.35. The Labute approximate surface area is 93.4 Å². The first-order chi connectivity index (χ1) is 7.65. The molecule has 0 fully saturated rings. The Kier molecular flexibility index (Phi) is 4.27. The molecule has 0 radical (unpaired) electrons. The van der Waals surface area contributed by atoms with Gasteiger partial charge >= 0.3 is 11.9 Å². The van der Waals surface area contributed by atoms with E-state index in [0.717, 1.165) is 0 Å². The molecule has 0 aliphatic rings. The van der Waals surface area contributed by atoms with E-state index in [9.17, 15) is 9.59 Å². The fraction of sp³-hybridized carbons (Fsp3) is 0.167. The number of rotatable bonds is 3. The summed E-state index contributed by atoms with van der Waals surface area (Å²) in [4.78, 5) is 31.1. The highest BCUT2D eigenvalue weighted by Gasteiger charge is 2.13. The molecule has 0 unspecified atom stereocenters. The van der Waals surface area contributed by atoms with Gasteiger partial charge in [-0.1, -0.05) is 31.7 Å².